The Morgan fingerprint density at radius 2 is 1.59 bits per heavy atom. The fraction of sp³-hybridized carbons (Fsp3) is 0.407. The summed E-state index contributed by atoms with van der Waals surface area (Å²) in [5.74, 6) is -3.19. The van der Waals surface area contributed by atoms with Crippen LogP contribution >= 0.6 is 0 Å². The van der Waals surface area contributed by atoms with E-state index in [0.717, 1.165) is 17.5 Å². The first kappa shape index (κ1) is 31.3. The number of fused-ring (bicyclic) bond motifs is 1. The molecular formula is C27H33F3N4O5. The highest BCUT2D eigenvalue weighted by Gasteiger charge is 2.38. The van der Waals surface area contributed by atoms with Crippen molar-refractivity contribution in [2.24, 2.45) is 0 Å². The van der Waals surface area contributed by atoms with Gasteiger partial charge in [0.15, 0.2) is 0 Å². The van der Waals surface area contributed by atoms with E-state index < -0.39 is 18.2 Å². The highest BCUT2D eigenvalue weighted by molar-refractivity contribution is 5.90. The number of hydrogen-bond acceptors (Lipinski definition) is 5. The first-order chi connectivity index (χ1) is 18.5. The predicted molar refractivity (Wildman–Crippen MR) is 137 cm³/mol. The molecule has 0 saturated carbocycles. The van der Waals surface area contributed by atoms with Gasteiger partial charge in [-0.2, -0.15) is 13.2 Å². The number of hydrogen-bond donors (Lipinski definition) is 5. The third kappa shape index (κ3) is 11.6. The highest BCUT2D eigenvalue weighted by atomic mass is 19.4. The summed E-state index contributed by atoms with van der Waals surface area (Å²) in [6.45, 7) is 3.08. The van der Waals surface area contributed by atoms with Gasteiger partial charge in [0, 0.05) is 26.6 Å². The van der Waals surface area contributed by atoms with Gasteiger partial charge in [0.25, 0.3) is 0 Å². The number of rotatable bonds is 10. The molecule has 2 aromatic rings. The highest BCUT2D eigenvalue weighted by Crippen LogP contribution is 2.17. The van der Waals surface area contributed by atoms with Gasteiger partial charge < -0.3 is 26.4 Å². The zero-order chi connectivity index (χ0) is 28.8. The third-order valence-electron chi connectivity index (χ3n) is 5.88. The molecule has 0 bridgehead atoms. The topological polar surface area (TPSA) is 137 Å². The molecule has 5 N–H and O–H groups in total. The van der Waals surface area contributed by atoms with E-state index >= 15 is 0 Å². The summed E-state index contributed by atoms with van der Waals surface area (Å²) in [6, 6.07) is 16.8. The molecule has 3 rings (SSSR count). The van der Waals surface area contributed by atoms with E-state index in [2.05, 4.69) is 27.3 Å². The number of aliphatic carboxylic acids is 1. The fourth-order valence-electron chi connectivity index (χ4n) is 3.83. The maximum atomic E-state index is 13.0. The monoisotopic (exact) mass is 550 g/mol. The lowest BCUT2D eigenvalue weighted by Crippen LogP contribution is -2.54. The van der Waals surface area contributed by atoms with Gasteiger partial charge in [-0.3, -0.25) is 14.4 Å². The molecule has 9 nitrogen and oxygen atoms in total. The second-order valence-electron chi connectivity index (χ2n) is 8.95. The van der Waals surface area contributed by atoms with Gasteiger partial charge in [-0.15, -0.1) is 0 Å². The minimum atomic E-state index is -5.08. The van der Waals surface area contributed by atoms with E-state index in [-0.39, 0.29) is 23.8 Å². The van der Waals surface area contributed by atoms with Crippen molar-refractivity contribution in [3.63, 3.8) is 0 Å². The Morgan fingerprint density at radius 1 is 0.974 bits per heavy atom. The van der Waals surface area contributed by atoms with Crippen LogP contribution in [-0.4, -0.2) is 53.6 Å². The largest absolute Gasteiger partial charge is 0.490 e. The lowest BCUT2D eigenvalue weighted by molar-refractivity contribution is -0.192. The molecule has 0 aliphatic carbocycles. The van der Waals surface area contributed by atoms with Crippen LogP contribution in [0.2, 0.25) is 0 Å². The van der Waals surface area contributed by atoms with Crippen LogP contribution in [0.5, 0.6) is 0 Å². The molecule has 12 heteroatoms. The van der Waals surface area contributed by atoms with Crippen LogP contribution in [0.1, 0.15) is 42.9 Å². The average molecular weight is 551 g/mol. The number of carbonyl (C=O) groups is 4. The van der Waals surface area contributed by atoms with Crippen molar-refractivity contribution in [3.05, 3.63) is 71.3 Å². The van der Waals surface area contributed by atoms with Crippen molar-refractivity contribution >= 4 is 23.7 Å². The normalized spacial score (nSPS) is 15.0. The fourth-order valence-corrected chi connectivity index (χ4v) is 3.83. The van der Waals surface area contributed by atoms with Crippen LogP contribution < -0.4 is 21.3 Å². The maximum absolute atomic E-state index is 13.0. The zero-order valence-electron chi connectivity index (χ0n) is 21.5. The molecule has 1 aliphatic rings. The van der Waals surface area contributed by atoms with E-state index in [0.29, 0.717) is 38.9 Å². The molecule has 1 heterocycles. The zero-order valence-corrected chi connectivity index (χ0v) is 21.5. The summed E-state index contributed by atoms with van der Waals surface area (Å²) in [6.07, 6.45) is -2.52. The van der Waals surface area contributed by atoms with Gasteiger partial charge in [0.1, 0.15) is 6.04 Å². The van der Waals surface area contributed by atoms with E-state index in [9.17, 15) is 27.6 Å². The minimum Gasteiger partial charge on any atom is -0.475 e. The smallest absolute Gasteiger partial charge is 0.475 e. The lowest BCUT2D eigenvalue weighted by atomic mass is 9.95. The Labute approximate surface area is 224 Å². The molecule has 0 spiro atoms. The molecule has 212 valence electrons. The number of amides is 3. The molecule has 0 aromatic heterocycles. The van der Waals surface area contributed by atoms with Gasteiger partial charge >= 0.3 is 12.1 Å². The van der Waals surface area contributed by atoms with Crippen LogP contribution in [0, 0.1) is 0 Å². The van der Waals surface area contributed by atoms with Crippen LogP contribution in [0.3, 0.4) is 0 Å². The predicted octanol–water partition coefficient (Wildman–Crippen LogP) is 2.44. The quantitative estimate of drug-likeness (QED) is 0.288. The molecule has 1 aliphatic heterocycles. The number of alkyl halides is 3. The van der Waals surface area contributed by atoms with Gasteiger partial charge in [-0.25, -0.2) is 4.79 Å². The Kier molecular flexibility index (Phi) is 12.4. The molecule has 0 radical (unpaired) electrons. The molecule has 0 fully saturated rings. The molecule has 2 atom stereocenters. The first-order valence-corrected chi connectivity index (χ1v) is 12.4. The van der Waals surface area contributed by atoms with Gasteiger partial charge in [0.2, 0.25) is 17.7 Å². The standard InChI is InChI=1S/C25H32N4O3.C2HF3O2/c1-18(30)26-14-8-7-13-22(24(31)28-16-19-9-3-2-4-10-19)29-25(32)23-15-20-11-5-6-12-21(20)17-27-23;3-2(4,5)1(6)7/h2-6,9-12,22-23,27H,7-8,13-17H2,1H3,(H,26,30)(H,28,31)(H,29,32);(H,6,7)/t22-,23?;/m0./s1. The summed E-state index contributed by atoms with van der Waals surface area (Å²) < 4.78 is 31.7. The van der Waals surface area contributed by atoms with Gasteiger partial charge in [0.05, 0.1) is 6.04 Å². The second kappa shape index (κ2) is 15.5. The number of nitrogens with one attached hydrogen (secondary N) is 4. The van der Waals surface area contributed by atoms with Crippen molar-refractivity contribution in [1.29, 1.82) is 0 Å². The summed E-state index contributed by atoms with van der Waals surface area (Å²) in [4.78, 5) is 45.8. The number of carbonyl (C=O) groups excluding carboxylic acids is 3. The van der Waals surface area contributed by atoms with Crippen molar-refractivity contribution in [3.8, 4) is 0 Å². The van der Waals surface area contributed by atoms with E-state index in [1.54, 1.807) is 0 Å². The molecule has 0 saturated heterocycles. The van der Waals surface area contributed by atoms with E-state index in [1.807, 2.05) is 48.5 Å². The SMILES string of the molecule is CC(=O)NCCCC[C@H](NC(=O)C1Cc2ccccc2CN1)C(=O)NCc1ccccc1.O=C(O)C(F)(F)F. The van der Waals surface area contributed by atoms with Crippen LogP contribution in [0.15, 0.2) is 54.6 Å². The number of halogens is 3. The van der Waals surface area contributed by atoms with Crippen molar-refractivity contribution < 1.29 is 37.5 Å². The number of unbranched alkanes of at least 4 members (excludes halogenated alkanes) is 1. The third-order valence-corrected chi connectivity index (χ3v) is 5.88. The summed E-state index contributed by atoms with van der Waals surface area (Å²) in [7, 11) is 0. The van der Waals surface area contributed by atoms with Crippen molar-refractivity contribution in [2.75, 3.05) is 6.54 Å². The average Bonchev–Trinajstić information content (AvgIpc) is 2.90. The van der Waals surface area contributed by atoms with Crippen LogP contribution in [-0.2, 0) is 38.7 Å². The van der Waals surface area contributed by atoms with E-state index in [4.69, 9.17) is 9.90 Å². The van der Waals surface area contributed by atoms with Crippen LogP contribution in [0.4, 0.5) is 13.2 Å². The number of benzene rings is 2. The summed E-state index contributed by atoms with van der Waals surface area (Å²) in [5, 5.41) is 19.1. The van der Waals surface area contributed by atoms with Crippen LogP contribution in [0.25, 0.3) is 0 Å². The summed E-state index contributed by atoms with van der Waals surface area (Å²) in [5.41, 5.74) is 3.36. The molecule has 3 amide bonds. The molecule has 39 heavy (non-hydrogen) atoms. The number of carboxylic acids is 1. The van der Waals surface area contributed by atoms with Crippen molar-refractivity contribution in [2.45, 2.75) is 64.0 Å². The van der Waals surface area contributed by atoms with E-state index in [1.165, 1.54) is 12.5 Å². The molecular weight excluding hydrogens is 517 g/mol. The number of carboxylic acid groups (broad SMARTS) is 1. The summed E-state index contributed by atoms with van der Waals surface area (Å²) >= 11 is 0. The lowest BCUT2D eigenvalue weighted by Gasteiger charge is -2.27. The van der Waals surface area contributed by atoms with Gasteiger partial charge in [-0.1, -0.05) is 54.6 Å². The maximum Gasteiger partial charge on any atom is 0.490 e. The Balaban J connectivity index is 0.000000673. The second-order valence-corrected chi connectivity index (χ2v) is 8.95. The molecule has 1 unspecified atom stereocenters. The first-order valence-electron chi connectivity index (χ1n) is 12.4. The Hall–Kier alpha value is -3.93. The minimum absolute atomic E-state index is 0.0703. The van der Waals surface area contributed by atoms with Crippen molar-refractivity contribution in [1.82, 2.24) is 21.3 Å². The molecule has 2 aromatic carbocycles. The Bertz CT molecular complexity index is 1110. The Morgan fingerprint density at radius 3 is 2.21 bits per heavy atom. The van der Waals surface area contributed by atoms with Gasteiger partial charge in [-0.05, 0) is 42.4 Å².